The van der Waals surface area contributed by atoms with E-state index in [9.17, 15) is 9.59 Å². The van der Waals surface area contributed by atoms with Crippen molar-refractivity contribution in [2.24, 2.45) is 7.05 Å². The number of benzene rings is 2. The molecule has 10 heteroatoms. The van der Waals surface area contributed by atoms with Gasteiger partial charge in [0.15, 0.2) is 0 Å². The van der Waals surface area contributed by atoms with E-state index in [-0.39, 0.29) is 12.5 Å². The van der Waals surface area contributed by atoms with Crippen LogP contribution in [-0.4, -0.2) is 43.6 Å². The second-order valence-corrected chi connectivity index (χ2v) is 9.63. The molecule has 0 aliphatic heterocycles. The Morgan fingerprint density at radius 3 is 2.46 bits per heavy atom. The molecule has 0 spiro atoms. The number of nitrogens with zero attached hydrogens (tertiary/aromatic N) is 4. The third-order valence-electron chi connectivity index (χ3n) is 5.30. The molecule has 0 radical (unpaired) electrons. The Labute approximate surface area is 215 Å². The number of amides is 2. The number of aryl methyl sites for hydroxylation is 1. The zero-order chi connectivity index (χ0) is 26.6. The average Bonchev–Trinajstić information content (AvgIpc) is 3.49. The van der Waals surface area contributed by atoms with Crippen LogP contribution in [0.2, 0.25) is 0 Å². The summed E-state index contributed by atoms with van der Waals surface area (Å²) in [5.41, 5.74) is 3.27. The van der Waals surface area contributed by atoms with Gasteiger partial charge in [0.25, 0.3) is 5.89 Å². The van der Waals surface area contributed by atoms with Crippen molar-refractivity contribution in [2.75, 3.05) is 0 Å². The summed E-state index contributed by atoms with van der Waals surface area (Å²) in [7, 11) is 1.82. The predicted octanol–water partition coefficient (Wildman–Crippen LogP) is 4.33. The number of rotatable bonds is 7. The SMILES string of the molecule is CC(NC(=O)OC(C)(C)C)C(=O)NCc1cccc(-c2nn(C)cc2-c2nnc(-c3ccccc3)o2)c1. The molecule has 0 fully saturated rings. The molecule has 37 heavy (non-hydrogen) atoms. The zero-order valence-corrected chi connectivity index (χ0v) is 21.5. The average molecular weight is 503 g/mol. The third-order valence-corrected chi connectivity index (χ3v) is 5.30. The largest absolute Gasteiger partial charge is 0.444 e. The molecule has 4 aromatic rings. The molecule has 1 atom stereocenters. The van der Waals surface area contributed by atoms with Crippen LogP contribution in [0.25, 0.3) is 34.2 Å². The molecule has 0 saturated heterocycles. The summed E-state index contributed by atoms with van der Waals surface area (Å²) >= 11 is 0. The molecule has 192 valence electrons. The van der Waals surface area contributed by atoms with E-state index in [2.05, 4.69) is 25.9 Å². The minimum Gasteiger partial charge on any atom is -0.444 e. The number of carbonyl (C=O) groups excluding carboxylic acids is 2. The smallest absolute Gasteiger partial charge is 0.408 e. The lowest BCUT2D eigenvalue weighted by Crippen LogP contribution is -2.46. The van der Waals surface area contributed by atoms with Crippen LogP contribution in [0.4, 0.5) is 4.79 Å². The highest BCUT2D eigenvalue weighted by Gasteiger charge is 2.22. The standard InChI is InChI=1S/C27H30N6O4/c1-17(29-26(35)37-27(2,3)4)23(34)28-15-18-10-9-13-20(14-18)22-21(16-33(5)32-22)25-31-30-24(36-25)19-11-7-6-8-12-19/h6-14,16-17H,15H2,1-5H3,(H,28,34)(H,29,35). The van der Waals surface area contributed by atoms with Gasteiger partial charge < -0.3 is 19.8 Å². The van der Waals surface area contributed by atoms with E-state index in [0.29, 0.717) is 23.0 Å². The molecule has 0 bridgehead atoms. The Bertz CT molecular complexity index is 1390. The Balaban J connectivity index is 1.46. The molecule has 2 N–H and O–H groups in total. The summed E-state index contributed by atoms with van der Waals surface area (Å²) in [4.78, 5) is 24.5. The van der Waals surface area contributed by atoms with Gasteiger partial charge in [-0.15, -0.1) is 10.2 Å². The monoisotopic (exact) mass is 502 g/mol. The first-order valence-corrected chi connectivity index (χ1v) is 11.9. The van der Waals surface area contributed by atoms with Crippen molar-refractivity contribution in [1.29, 1.82) is 0 Å². The molecule has 0 aliphatic rings. The molecular weight excluding hydrogens is 472 g/mol. The molecule has 0 saturated carbocycles. The van der Waals surface area contributed by atoms with Crippen LogP contribution in [0.15, 0.2) is 65.2 Å². The molecule has 2 amide bonds. The third kappa shape index (κ3) is 6.60. The number of carbonyl (C=O) groups is 2. The zero-order valence-electron chi connectivity index (χ0n) is 21.5. The van der Waals surface area contributed by atoms with Gasteiger partial charge in [-0.1, -0.05) is 36.4 Å². The van der Waals surface area contributed by atoms with E-state index in [0.717, 1.165) is 16.7 Å². The fraction of sp³-hybridized carbons (Fsp3) is 0.296. The quantitative estimate of drug-likeness (QED) is 0.385. The van der Waals surface area contributed by atoms with Crippen LogP contribution in [0.1, 0.15) is 33.3 Å². The van der Waals surface area contributed by atoms with E-state index < -0.39 is 17.7 Å². The van der Waals surface area contributed by atoms with Gasteiger partial charge in [0, 0.05) is 30.9 Å². The summed E-state index contributed by atoms with van der Waals surface area (Å²) < 4.78 is 12.8. The Hall–Kier alpha value is -4.47. The maximum atomic E-state index is 12.5. The second kappa shape index (κ2) is 10.7. The summed E-state index contributed by atoms with van der Waals surface area (Å²) in [6, 6.07) is 16.5. The summed E-state index contributed by atoms with van der Waals surface area (Å²) in [6.07, 6.45) is 1.19. The van der Waals surface area contributed by atoms with Gasteiger partial charge in [-0.25, -0.2) is 4.79 Å². The highest BCUT2D eigenvalue weighted by molar-refractivity contribution is 5.85. The predicted molar refractivity (Wildman–Crippen MR) is 138 cm³/mol. The number of hydrogen-bond donors (Lipinski definition) is 2. The molecule has 2 aromatic carbocycles. The molecular formula is C27H30N6O4. The minimum absolute atomic E-state index is 0.272. The fourth-order valence-electron chi connectivity index (χ4n) is 3.61. The molecule has 0 aliphatic carbocycles. The van der Waals surface area contributed by atoms with Crippen molar-refractivity contribution in [3.05, 3.63) is 66.4 Å². The molecule has 2 heterocycles. The molecule has 1 unspecified atom stereocenters. The van der Waals surface area contributed by atoms with E-state index in [1.807, 2.05) is 67.8 Å². The van der Waals surface area contributed by atoms with Crippen molar-refractivity contribution in [2.45, 2.75) is 45.9 Å². The Kier molecular flexibility index (Phi) is 7.37. The topological polar surface area (TPSA) is 124 Å². The van der Waals surface area contributed by atoms with Crippen molar-refractivity contribution in [3.8, 4) is 34.2 Å². The Morgan fingerprint density at radius 1 is 1.03 bits per heavy atom. The van der Waals surface area contributed by atoms with Gasteiger partial charge in [0.1, 0.15) is 17.3 Å². The first-order valence-electron chi connectivity index (χ1n) is 11.9. The van der Waals surface area contributed by atoms with Gasteiger partial charge in [-0.3, -0.25) is 9.48 Å². The first-order chi connectivity index (χ1) is 17.6. The maximum absolute atomic E-state index is 12.5. The van der Waals surface area contributed by atoms with Crippen LogP contribution in [0.3, 0.4) is 0 Å². The Morgan fingerprint density at radius 2 is 1.73 bits per heavy atom. The minimum atomic E-state index is -0.753. The fourth-order valence-corrected chi connectivity index (χ4v) is 3.61. The number of nitrogens with one attached hydrogen (secondary N) is 2. The molecule has 4 rings (SSSR count). The summed E-state index contributed by atoms with van der Waals surface area (Å²) in [5.74, 6) is 0.466. The number of ether oxygens (including phenoxy) is 1. The summed E-state index contributed by atoms with van der Waals surface area (Å²) in [5, 5.41) is 18.4. The van der Waals surface area contributed by atoms with Crippen molar-refractivity contribution >= 4 is 12.0 Å². The number of aromatic nitrogens is 4. The van der Waals surface area contributed by atoms with Crippen LogP contribution in [0, 0.1) is 0 Å². The highest BCUT2D eigenvalue weighted by Crippen LogP contribution is 2.32. The van der Waals surface area contributed by atoms with Crippen LogP contribution in [0.5, 0.6) is 0 Å². The lowest BCUT2D eigenvalue weighted by molar-refractivity contribution is -0.122. The highest BCUT2D eigenvalue weighted by atomic mass is 16.6. The van der Waals surface area contributed by atoms with Crippen LogP contribution >= 0.6 is 0 Å². The van der Waals surface area contributed by atoms with Crippen molar-refractivity contribution < 1.29 is 18.7 Å². The summed E-state index contributed by atoms with van der Waals surface area (Å²) in [6.45, 7) is 7.16. The number of hydrogen-bond acceptors (Lipinski definition) is 7. The lowest BCUT2D eigenvalue weighted by Gasteiger charge is -2.21. The normalized spacial score (nSPS) is 12.1. The van der Waals surface area contributed by atoms with Gasteiger partial charge in [0.05, 0.1) is 5.56 Å². The van der Waals surface area contributed by atoms with E-state index >= 15 is 0 Å². The lowest BCUT2D eigenvalue weighted by atomic mass is 10.0. The van der Waals surface area contributed by atoms with Gasteiger partial charge >= 0.3 is 6.09 Å². The van der Waals surface area contributed by atoms with E-state index in [4.69, 9.17) is 9.15 Å². The van der Waals surface area contributed by atoms with Gasteiger partial charge in [-0.2, -0.15) is 5.10 Å². The van der Waals surface area contributed by atoms with Crippen molar-refractivity contribution in [1.82, 2.24) is 30.6 Å². The van der Waals surface area contributed by atoms with Gasteiger partial charge in [-0.05, 0) is 51.5 Å². The number of alkyl carbamates (subject to hydrolysis) is 1. The molecule has 10 nitrogen and oxygen atoms in total. The van der Waals surface area contributed by atoms with Gasteiger partial charge in [0.2, 0.25) is 11.8 Å². The van der Waals surface area contributed by atoms with Crippen molar-refractivity contribution in [3.63, 3.8) is 0 Å². The second-order valence-electron chi connectivity index (χ2n) is 9.63. The molecule has 2 aromatic heterocycles. The van der Waals surface area contributed by atoms with E-state index in [1.54, 1.807) is 32.4 Å². The van der Waals surface area contributed by atoms with Crippen LogP contribution < -0.4 is 10.6 Å². The van der Waals surface area contributed by atoms with E-state index in [1.165, 1.54) is 0 Å². The first kappa shape index (κ1) is 25.6. The maximum Gasteiger partial charge on any atom is 0.408 e. The van der Waals surface area contributed by atoms with Crippen LogP contribution in [-0.2, 0) is 23.1 Å².